The maximum absolute atomic E-state index is 6.63. The van der Waals surface area contributed by atoms with Crippen molar-refractivity contribution in [2.75, 3.05) is 26.7 Å². The number of hydrazone groups is 1. The SMILES string of the molecule is CCOc1ccc(C2=NN3C(C2)c2ccccc2OC32CCN(C)CC2)cc1. The van der Waals surface area contributed by atoms with Crippen molar-refractivity contribution < 1.29 is 9.47 Å². The van der Waals surface area contributed by atoms with Crippen molar-refractivity contribution in [1.29, 1.82) is 0 Å². The van der Waals surface area contributed by atoms with Gasteiger partial charge >= 0.3 is 0 Å². The molecule has 0 N–H and O–H groups in total. The molecule has 5 rings (SSSR count). The molecule has 146 valence electrons. The first-order valence-electron chi connectivity index (χ1n) is 10.2. The topological polar surface area (TPSA) is 37.3 Å². The van der Waals surface area contributed by atoms with Crippen molar-refractivity contribution in [3.8, 4) is 11.5 Å². The van der Waals surface area contributed by atoms with E-state index in [1.54, 1.807) is 0 Å². The molecule has 5 heteroatoms. The number of rotatable bonds is 3. The van der Waals surface area contributed by atoms with Gasteiger partial charge in [-0.05, 0) is 49.9 Å². The Morgan fingerprint density at radius 1 is 1.11 bits per heavy atom. The van der Waals surface area contributed by atoms with Gasteiger partial charge in [0.2, 0.25) is 5.72 Å². The van der Waals surface area contributed by atoms with Gasteiger partial charge in [-0.15, -0.1) is 0 Å². The highest BCUT2D eigenvalue weighted by Gasteiger charge is 2.51. The summed E-state index contributed by atoms with van der Waals surface area (Å²) in [5, 5.41) is 7.39. The lowest BCUT2D eigenvalue weighted by Gasteiger charge is -2.50. The first kappa shape index (κ1) is 17.6. The molecule has 1 saturated heterocycles. The Balaban J connectivity index is 1.51. The third-order valence-electron chi connectivity index (χ3n) is 6.17. The Kier molecular flexibility index (Phi) is 4.27. The molecule has 28 heavy (non-hydrogen) atoms. The van der Waals surface area contributed by atoms with E-state index in [0.717, 1.165) is 49.6 Å². The molecule has 3 aliphatic heterocycles. The van der Waals surface area contributed by atoms with Crippen LogP contribution in [-0.2, 0) is 0 Å². The fraction of sp³-hybridized carbons (Fsp3) is 0.435. The second-order valence-electron chi connectivity index (χ2n) is 7.96. The van der Waals surface area contributed by atoms with E-state index in [2.05, 4.69) is 53.4 Å². The number of nitrogens with zero attached hydrogens (tertiary/aromatic N) is 3. The summed E-state index contributed by atoms with van der Waals surface area (Å²) in [6.45, 7) is 4.74. The van der Waals surface area contributed by atoms with Crippen molar-refractivity contribution in [1.82, 2.24) is 9.91 Å². The van der Waals surface area contributed by atoms with Crippen LogP contribution in [0.5, 0.6) is 11.5 Å². The Morgan fingerprint density at radius 3 is 2.61 bits per heavy atom. The van der Waals surface area contributed by atoms with Gasteiger partial charge in [-0.3, -0.25) is 0 Å². The van der Waals surface area contributed by atoms with E-state index >= 15 is 0 Å². The van der Waals surface area contributed by atoms with Crippen LogP contribution in [-0.4, -0.2) is 48.1 Å². The van der Waals surface area contributed by atoms with Gasteiger partial charge in [0.25, 0.3) is 0 Å². The molecule has 1 fully saturated rings. The maximum atomic E-state index is 6.63. The van der Waals surface area contributed by atoms with Crippen molar-refractivity contribution in [2.24, 2.45) is 5.10 Å². The summed E-state index contributed by atoms with van der Waals surface area (Å²) < 4.78 is 12.2. The van der Waals surface area contributed by atoms with Crippen LogP contribution >= 0.6 is 0 Å². The van der Waals surface area contributed by atoms with E-state index < -0.39 is 0 Å². The van der Waals surface area contributed by atoms with Gasteiger partial charge in [0.1, 0.15) is 11.5 Å². The molecule has 0 saturated carbocycles. The number of piperidine rings is 1. The van der Waals surface area contributed by atoms with Crippen LogP contribution < -0.4 is 9.47 Å². The number of likely N-dealkylation sites (tertiary alicyclic amines) is 1. The predicted octanol–water partition coefficient (Wildman–Crippen LogP) is 4.05. The molecule has 2 aromatic carbocycles. The maximum Gasteiger partial charge on any atom is 0.200 e. The minimum atomic E-state index is -0.335. The lowest BCUT2D eigenvalue weighted by atomic mass is 9.91. The van der Waals surface area contributed by atoms with Gasteiger partial charge in [0.05, 0.1) is 18.4 Å². The molecule has 1 spiro atoms. The van der Waals surface area contributed by atoms with Crippen LogP contribution in [0.1, 0.15) is 43.4 Å². The lowest BCUT2D eigenvalue weighted by Crippen LogP contribution is -2.58. The van der Waals surface area contributed by atoms with E-state index in [1.165, 1.54) is 11.1 Å². The van der Waals surface area contributed by atoms with Gasteiger partial charge < -0.3 is 14.4 Å². The van der Waals surface area contributed by atoms with Crippen LogP contribution in [0.2, 0.25) is 0 Å². The molecule has 1 unspecified atom stereocenters. The summed E-state index contributed by atoms with van der Waals surface area (Å²) in [7, 11) is 2.18. The van der Waals surface area contributed by atoms with E-state index in [9.17, 15) is 0 Å². The molecule has 3 heterocycles. The summed E-state index contributed by atoms with van der Waals surface area (Å²) in [5.41, 5.74) is 3.21. The number of para-hydroxylation sites is 1. The van der Waals surface area contributed by atoms with E-state index in [1.807, 2.05) is 19.1 Å². The van der Waals surface area contributed by atoms with Crippen LogP contribution in [0.15, 0.2) is 53.6 Å². The number of benzene rings is 2. The summed E-state index contributed by atoms with van der Waals surface area (Å²) in [4.78, 5) is 2.37. The van der Waals surface area contributed by atoms with Crippen molar-refractivity contribution in [3.63, 3.8) is 0 Å². The monoisotopic (exact) mass is 377 g/mol. The highest BCUT2D eigenvalue weighted by Crippen LogP contribution is 2.49. The van der Waals surface area contributed by atoms with Gasteiger partial charge in [-0.1, -0.05) is 18.2 Å². The highest BCUT2D eigenvalue weighted by molar-refractivity contribution is 6.02. The number of ether oxygens (including phenoxy) is 2. The van der Waals surface area contributed by atoms with Gasteiger partial charge in [0.15, 0.2) is 0 Å². The average molecular weight is 377 g/mol. The smallest absolute Gasteiger partial charge is 0.200 e. The Morgan fingerprint density at radius 2 is 1.86 bits per heavy atom. The molecular formula is C23H27N3O2. The van der Waals surface area contributed by atoms with E-state index in [4.69, 9.17) is 14.6 Å². The molecule has 0 aromatic heterocycles. The molecule has 0 bridgehead atoms. The van der Waals surface area contributed by atoms with Crippen LogP contribution in [0.3, 0.4) is 0 Å². The fourth-order valence-electron chi connectivity index (χ4n) is 4.61. The number of fused-ring (bicyclic) bond motifs is 4. The third kappa shape index (κ3) is 2.85. The van der Waals surface area contributed by atoms with Crippen LogP contribution in [0.25, 0.3) is 0 Å². The first-order chi connectivity index (χ1) is 13.7. The zero-order chi connectivity index (χ0) is 19.1. The first-order valence-corrected chi connectivity index (χ1v) is 10.2. The van der Waals surface area contributed by atoms with E-state index in [-0.39, 0.29) is 11.8 Å². The summed E-state index contributed by atoms with van der Waals surface area (Å²) in [6.07, 6.45) is 2.84. The zero-order valence-corrected chi connectivity index (χ0v) is 16.6. The van der Waals surface area contributed by atoms with Crippen molar-refractivity contribution >= 4 is 5.71 Å². The van der Waals surface area contributed by atoms with Gasteiger partial charge in [0, 0.05) is 37.9 Å². The Labute approximate surface area is 166 Å². The average Bonchev–Trinajstić information content (AvgIpc) is 3.18. The second kappa shape index (κ2) is 6.82. The van der Waals surface area contributed by atoms with Crippen LogP contribution in [0, 0.1) is 0 Å². The Bertz CT molecular complexity index is 885. The summed E-state index contributed by atoms with van der Waals surface area (Å²) in [5.74, 6) is 1.93. The van der Waals surface area contributed by atoms with Gasteiger partial charge in [-0.2, -0.15) is 5.10 Å². The minimum Gasteiger partial charge on any atom is -0.494 e. The largest absolute Gasteiger partial charge is 0.494 e. The van der Waals surface area contributed by atoms with Crippen molar-refractivity contribution in [2.45, 2.75) is 38.0 Å². The molecule has 0 amide bonds. The number of hydrogen-bond donors (Lipinski definition) is 0. The van der Waals surface area contributed by atoms with Gasteiger partial charge in [-0.25, -0.2) is 5.01 Å². The molecule has 3 aliphatic rings. The molecule has 1 atom stereocenters. The molecule has 0 aliphatic carbocycles. The molecule has 5 nitrogen and oxygen atoms in total. The second-order valence-corrected chi connectivity index (χ2v) is 7.96. The predicted molar refractivity (Wildman–Crippen MR) is 110 cm³/mol. The quantitative estimate of drug-likeness (QED) is 0.809. The molecule has 2 aromatic rings. The van der Waals surface area contributed by atoms with E-state index in [0.29, 0.717) is 6.61 Å². The third-order valence-corrected chi connectivity index (χ3v) is 6.17. The number of hydrogen-bond acceptors (Lipinski definition) is 5. The standard InChI is InChI=1S/C23H27N3O2/c1-3-27-18-10-8-17(9-11-18)20-16-21-19-6-4-5-7-22(19)28-23(26(21)24-20)12-14-25(2)15-13-23/h4-11,21H,3,12-16H2,1-2H3. The fourth-order valence-corrected chi connectivity index (χ4v) is 4.61. The minimum absolute atomic E-state index is 0.245. The lowest BCUT2D eigenvalue weighted by molar-refractivity contribution is -0.147. The molecular weight excluding hydrogens is 350 g/mol. The zero-order valence-electron chi connectivity index (χ0n) is 16.6. The molecule has 0 radical (unpaired) electrons. The van der Waals surface area contributed by atoms with Crippen LogP contribution in [0.4, 0.5) is 0 Å². The summed E-state index contributed by atoms with van der Waals surface area (Å²) >= 11 is 0. The summed E-state index contributed by atoms with van der Waals surface area (Å²) in [6, 6.07) is 17.0. The Hall–Kier alpha value is -2.53. The van der Waals surface area contributed by atoms with Crippen molar-refractivity contribution in [3.05, 3.63) is 59.7 Å². The highest BCUT2D eigenvalue weighted by atomic mass is 16.5. The normalized spacial score (nSPS) is 23.0.